The van der Waals surface area contributed by atoms with Crippen LogP contribution in [0.5, 0.6) is 0 Å². The minimum Gasteiger partial charge on any atom is -0.392 e. The summed E-state index contributed by atoms with van der Waals surface area (Å²) in [4.78, 5) is 5.15. The molecule has 0 aromatic carbocycles. The molecule has 0 radical (unpaired) electrons. The van der Waals surface area contributed by atoms with Crippen molar-refractivity contribution >= 4 is 0 Å². The molecule has 0 aromatic heterocycles. The van der Waals surface area contributed by atoms with Gasteiger partial charge in [-0.15, -0.1) is 0 Å². The Morgan fingerprint density at radius 2 is 1.85 bits per heavy atom. The van der Waals surface area contributed by atoms with Crippen LogP contribution in [0.25, 0.3) is 0 Å². The molecule has 4 nitrogen and oxygen atoms in total. The lowest BCUT2D eigenvalue weighted by Crippen LogP contribution is -2.60. The highest BCUT2D eigenvalue weighted by atomic mass is 16.3. The van der Waals surface area contributed by atoms with E-state index in [2.05, 4.69) is 42.8 Å². The van der Waals surface area contributed by atoms with E-state index in [1.165, 1.54) is 39.1 Å². The van der Waals surface area contributed by atoms with Crippen LogP contribution < -0.4 is 5.32 Å². The van der Waals surface area contributed by atoms with E-state index in [9.17, 15) is 5.11 Å². The molecule has 4 heteroatoms. The molecule has 2 fully saturated rings. The van der Waals surface area contributed by atoms with E-state index in [-0.39, 0.29) is 11.5 Å². The van der Waals surface area contributed by atoms with Crippen molar-refractivity contribution < 1.29 is 5.11 Å². The van der Waals surface area contributed by atoms with Crippen LogP contribution in [0.15, 0.2) is 0 Å². The van der Waals surface area contributed by atoms with Crippen molar-refractivity contribution in [2.45, 2.75) is 58.7 Å². The Morgan fingerprint density at radius 1 is 1.20 bits per heavy atom. The molecule has 1 saturated heterocycles. The zero-order valence-corrected chi connectivity index (χ0v) is 13.7. The fraction of sp³-hybridized carbons (Fsp3) is 1.00. The lowest BCUT2D eigenvalue weighted by molar-refractivity contribution is -0.0723. The summed E-state index contributed by atoms with van der Waals surface area (Å²) in [6.07, 6.45) is 2.01. The van der Waals surface area contributed by atoms with Crippen molar-refractivity contribution in [3.63, 3.8) is 0 Å². The number of piperazine rings is 1. The maximum Gasteiger partial charge on any atom is 0.0621 e. The highest BCUT2D eigenvalue weighted by molar-refractivity contribution is 5.01. The summed E-state index contributed by atoms with van der Waals surface area (Å²) in [5.41, 5.74) is 0.0584. The van der Waals surface area contributed by atoms with Gasteiger partial charge in [0.2, 0.25) is 0 Å². The van der Waals surface area contributed by atoms with Crippen molar-refractivity contribution in [3.05, 3.63) is 0 Å². The third-order valence-electron chi connectivity index (χ3n) is 5.39. The predicted octanol–water partition coefficient (Wildman–Crippen LogP) is 1.15. The maximum atomic E-state index is 9.72. The number of hydrogen-bond acceptors (Lipinski definition) is 4. The first kappa shape index (κ1) is 16.2. The van der Waals surface area contributed by atoms with Crippen molar-refractivity contribution in [1.82, 2.24) is 15.1 Å². The number of hydrogen-bond donors (Lipinski definition) is 2. The van der Waals surface area contributed by atoms with Gasteiger partial charge in [0, 0.05) is 43.7 Å². The Bertz CT molecular complexity index is 298. The van der Waals surface area contributed by atoms with E-state index >= 15 is 0 Å². The Balaban J connectivity index is 1.54. The number of aliphatic hydroxyl groups is 1. The van der Waals surface area contributed by atoms with Gasteiger partial charge in [0.25, 0.3) is 0 Å². The quantitative estimate of drug-likeness (QED) is 0.717. The maximum absolute atomic E-state index is 9.72. The molecule has 1 aliphatic heterocycles. The van der Waals surface area contributed by atoms with E-state index < -0.39 is 0 Å². The molecule has 2 N–H and O–H groups in total. The highest BCUT2D eigenvalue weighted by Crippen LogP contribution is 2.40. The average Bonchev–Trinajstić information content (AvgIpc) is 2.42. The van der Waals surface area contributed by atoms with E-state index in [1.54, 1.807) is 0 Å². The van der Waals surface area contributed by atoms with Crippen LogP contribution in [0.4, 0.5) is 0 Å². The fourth-order valence-electron chi connectivity index (χ4n) is 3.33. The summed E-state index contributed by atoms with van der Waals surface area (Å²) in [7, 11) is 0. The van der Waals surface area contributed by atoms with Gasteiger partial charge in [-0.3, -0.25) is 4.90 Å². The third kappa shape index (κ3) is 3.73. The topological polar surface area (TPSA) is 38.7 Å². The van der Waals surface area contributed by atoms with Crippen molar-refractivity contribution in [1.29, 1.82) is 0 Å². The summed E-state index contributed by atoms with van der Waals surface area (Å²) >= 11 is 0. The summed E-state index contributed by atoms with van der Waals surface area (Å²) in [5, 5.41) is 13.3. The molecule has 20 heavy (non-hydrogen) atoms. The molecule has 1 saturated carbocycles. The number of nitrogens with one attached hydrogen (secondary N) is 1. The van der Waals surface area contributed by atoms with E-state index in [4.69, 9.17) is 0 Å². The van der Waals surface area contributed by atoms with Crippen molar-refractivity contribution in [2.75, 3.05) is 39.3 Å². The minimum absolute atomic E-state index is 0.0584. The average molecular weight is 283 g/mol. The first-order valence-corrected chi connectivity index (χ1v) is 8.29. The van der Waals surface area contributed by atoms with Crippen molar-refractivity contribution in [3.8, 4) is 0 Å². The summed E-state index contributed by atoms with van der Waals surface area (Å²) < 4.78 is 0. The normalized spacial score (nSPS) is 31.5. The van der Waals surface area contributed by atoms with Crippen LogP contribution in [0.2, 0.25) is 0 Å². The van der Waals surface area contributed by atoms with Crippen LogP contribution in [-0.4, -0.2) is 72.4 Å². The lowest BCUT2D eigenvalue weighted by Gasteiger charge is -2.49. The van der Waals surface area contributed by atoms with Gasteiger partial charge in [-0.05, 0) is 39.8 Å². The minimum atomic E-state index is -0.121. The Kier molecular flexibility index (Phi) is 5.46. The van der Waals surface area contributed by atoms with Gasteiger partial charge in [-0.25, -0.2) is 0 Å². The first-order chi connectivity index (χ1) is 9.41. The standard InChI is InChI=1S/C16H33N3O/c1-13(2)19-10-8-18(9-11-19)7-5-6-17-14-12-15(20)16(14,3)4/h13-15,17,20H,5-12H2,1-4H3/t14-,15+/m0/s1. The SMILES string of the molecule is CC(C)N1CCN(CCCN[C@H]2C[C@@H](O)C2(C)C)CC1. The van der Waals surface area contributed by atoms with Gasteiger partial charge < -0.3 is 15.3 Å². The summed E-state index contributed by atoms with van der Waals surface area (Å²) in [6.45, 7) is 16.0. The lowest BCUT2D eigenvalue weighted by atomic mass is 9.64. The van der Waals surface area contributed by atoms with E-state index in [1.807, 2.05) is 0 Å². The fourth-order valence-corrected chi connectivity index (χ4v) is 3.33. The van der Waals surface area contributed by atoms with Crippen LogP contribution >= 0.6 is 0 Å². The summed E-state index contributed by atoms with van der Waals surface area (Å²) in [5.74, 6) is 0. The monoisotopic (exact) mass is 283 g/mol. The van der Waals surface area contributed by atoms with Crippen molar-refractivity contribution in [2.24, 2.45) is 5.41 Å². The second kappa shape index (κ2) is 6.73. The molecule has 0 amide bonds. The zero-order valence-electron chi connectivity index (χ0n) is 13.7. The van der Waals surface area contributed by atoms with Crippen LogP contribution in [0.1, 0.15) is 40.5 Å². The van der Waals surface area contributed by atoms with Gasteiger partial charge in [0.15, 0.2) is 0 Å². The largest absolute Gasteiger partial charge is 0.392 e. The molecule has 0 unspecified atom stereocenters. The van der Waals surface area contributed by atoms with Gasteiger partial charge >= 0.3 is 0 Å². The smallest absolute Gasteiger partial charge is 0.0621 e. The molecular weight excluding hydrogens is 250 g/mol. The number of aliphatic hydroxyl groups excluding tert-OH is 1. The number of rotatable bonds is 6. The van der Waals surface area contributed by atoms with Crippen LogP contribution in [0, 0.1) is 5.41 Å². The van der Waals surface area contributed by atoms with Gasteiger partial charge in [-0.2, -0.15) is 0 Å². The third-order valence-corrected chi connectivity index (χ3v) is 5.39. The molecule has 1 heterocycles. The molecule has 0 bridgehead atoms. The Morgan fingerprint density at radius 3 is 2.35 bits per heavy atom. The molecular formula is C16H33N3O. The van der Waals surface area contributed by atoms with Crippen LogP contribution in [-0.2, 0) is 0 Å². The molecule has 118 valence electrons. The Hall–Kier alpha value is -0.160. The van der Waals surface area contributed by atoms with E-state index in [0.717, 1.165) is 13.0 Å². The molecule has 0 spiro atoms. The predicted molar refractivity (Wildman–Crippen MR) is 84.0 cm³/mol. The van der Waals surface area contributed by atoms with E-state index in [0.29, 0.717) is 12.1 Å². The van der Waals surface area contributed by atoms with Gasteiger partial charge in [0.1, 0.15) is 0 Å². The molecule has 0 aromatic rings. The molecule has 1 aliphatic carbocycles. The Labute approximate surface area is 124 Å². The molecule has 2 atom stereocenters. The first-order valence-electron chi connectivity index (χ1n) is 8.29. The molecule has 2 rings (SSSR count). The van der Waals surface area contributed by atoms with Crippen LogP contribution in [0.3, 0.4) is 0 Å². The van der Waals surface area contributed by atoms with Gasteiger partial charge in [-0.1, -0.05) is 13.8 Å². The number of nitrogens with zero attached hydrogens (tertiary/aromatic N) is 2. The summed E-state index contributed by atoms with van der Waals surface area (Å²) in [6, 6.07) is 1.18. The zero-order chi connectivity index (χ0) is 14.8. The second-order valence-corrected chi connectivity index (χ2v) is 7.40. The second-order valence-electron chi connectivity index (χ2n) is 7.40. The molecule has 2 aliphatic rings. The highest BCUT2D eigenvalue weighted by Gasteiger charge is 2.46. The van der Waals surface area contributed by atoms with Gasteiger partial charge in [0.05, 0.1) is 6.10 Å².